The minimum absolute atomic E-state index is 0.107. The van der Waals surface area contributed by atoms with E-state index < -0.39 is 97.5 Å². The van der Waals surface area contributed by atoms with E-state index in [0.29, 0.717) is 25.7 Å². The second-order valence-corrected chi connectivity index (χ2v) is 34.6. The van der Waals surface area contributed by atoms with Crippen molar-refractivity contribution in [2.75, 3.05) is 39.6 Å². The third-order valence-corrected chi connectivity index (χ3v) is 22.5. The van der Waals surface area contributed by atoms with Gasteiger partial charge in [0.15, 0.2) is 12.2 Å². The van der Waals surface area contributed by atoms with Crippen LogP contribution in [0.4, 0.5) is 0 Å². The van der Waals surface area contributed by atoms with E-state index in [0.717, 1.165) is 102 Å². The second-order valence-electron chi connectivity index (χ2n) is 31.6. The van der Waals surface area contributed by atoms with Gasteiger partial charge in [0.05, 0.1) is 26.4 Å². The lowest BCUT2D eigenvalue weighted by molar-refractivity contribution is -0.161. The van der Waals surface area contributed by atoms with Gasteiger partial charge in [0.1, 0.15) is 19.3 Å². The number of unbranched alkanes of at least 4 members (excludes halogenated alkanes) is 54. The first kappa shape index (κ1) is 103. The Balaban J connectivity index is 5.22. The molecule has 0 aliphatic heterocycles. The number of carbonyl (C=O) groups excluding carboxylic acids is 4. The molecule has 6 atom stereocenters. The Kier molecular flexibility index (Phi) is 76.0. The predicted molar refractivity (Wildman–Crippen MR) is 432 cm³/mol. The molecule has 0 bridgehead atoms. The summed E-state index contributed by atoms with van der Waals surface area (Å²) in [5.41, 5.74) is 0. The van der Waals surface area contributed by atoms with Crippen LogP contribution in [0, 0.1) is 11.8 Å². The number of rotatable bonds is 85. The molecule has 3 unspecified atom stereocenters. The first-order valence-corrected chi connectivity index (χ1v) is 47.5. The molecule has 0 aliphatic rings. The minimum Gasteiger partial charge on any atom is -0.462 e. The number of aliphatic hydroxyl groups is 1. The number of carbonyl (C=O) groups is 4. The Hall–Kier alpha value is -1.94. The fraction of sp³-hybridized carbons (Fsp3) is 0.953. The van der Waals surface area contributed by atoms with E-state index in [1.165, 1.54) is 276 Å². The van der Waals surface area contributed by atoms with E-state index in [-0.39, 0.29) is 25.7 Å². The molecule has 624 valence electrons. The Morgan fingerprint density at radius 1 is 0.276 bits per heavy atom. The maximum absolute atomic E-state index is 13.1. The van der Waals surface area contributed by atoms with Gasteiger partial charge in [0.2, 0.25) is 0 Å². The number of hydrogen-bond donors (Lipinski definition) is 3. The molecule has 0 aromatic heterocycles. The molecule has 3 N–H and O–H groups in total. The molecule has 19 heteroatoms. The van der Waals surface area contributed by atoms with E-state index in [1.807, 2.05) is 0 Å². The van der Waals surface area contributed by atoms with Crippen LogP contribution in [-0.2, 0) is 65.4 Å². The van der Waals surface area contributed by atoms with Crippen LogP contribution in [0.5, 0.6) is 0 Å². The summed E-state index contributed by atoms with van der Waals surface area (Å²) in [6, 6.07) is 0. The highest BCUT2D eigenvalue weighted by atomic mass is 31.2. The summed E-state index contributed by atoms with van der Waals surface area (Å²) >= 11 is 0. The van der Waals surface area contributed by atoms with Crippen LogP contribution in [0.15, 0.2) is 0 Å². The molecule has 0 saturated carbocycles. The normalized spacial score (nSPS) is 14.1. The van der Waals surface area contributed by atoms with Crippen molar-refractivity contribution in [3.63, 3.8) is 0 Å². The average molecular weight is 1540 g/mol. The molecule has 0 saturated heterocycles. The van der Waals surface area contributed by atoms with Gasteiger partial charge < -0.3 is 33.8 Å². The molecule has 0 fully saturated rings. The lowest BCUT2D eigenvalue weighted by Gasteiger charge is -2.21. The highest BCUT2D eigenvalue weighted by molar-refractivity contribution is 7.47. The summed E-state index contributed by atoms with van der Waals surface area (Å²) in [4.78, 5) is 73.2. The minimum atomic E-state index is -4.97. The zero-order valence-corrected chi connectivity index (χ0v) is 70.8. The van der Waals surface area contributed by atoms with Crippen LogP contribution < -0.4 is 0 Å². The first-order chi connectivity index (χ1) is 50.9. The maximum Gasteiger partial charge on any atom is 0.472 e. The topological polar surface area (TPSA) is 237 Å². The van der Waals surface area contributed by atoms with Gasteiger partial charge in [-0.05, 0) is 37.5 Å². The molecule has 105 heavy (non-hydrogen) atoms. The Bertz CT molecular complexity index is 2010. The van der Waals surface area contributed by atoms with E-state index in [2.05, 4.69) is 41.5 Å². The van der Waals surface area contributed by atoms with Crippen molar-refractivity contribution in [1.29, 1.82) is 0 Å². The second kappa shape index (κ2) is 77.4. The van der Waals surface area contributed by atoms with Gasteiger partial charge >= 0.3 is 39.5 Å². The molecule has 0 spiro atoms. The van der Waals surface area contributed by atoms with Crippen molar-refractivity contribution in [3.05, 3.63) is 0 Å². The van der Waals surface area contributed by atoms with E-state index in [4.69, 9.17) is 37.0 Å². The van der Waals surface area contributed by atoms with E-state index >= 15 is 0 Å². The monoisotopic (exact) mass is 1540 g/mol. The average Bonchev–Trinajstić information content (AvgIpc) is 0.910. The summed E-state index contributed by atoms with van der Waals surface area (Å²) in [5, 5.41) is 10.7. The van der Waals surface area contributed by atoms with Crippen LogP contribution in [0.25, 0.3) is 0 Å². The van der Waals surface area contributed by atoms with Gasteiger partial charge in [-0.1, -0.05) is 408 Å². The molecular weight excluding hydrogens is 1370 g/mol. The number of aliphatic hydroxyl groups excluding tert-OH is 1. The zero-order valence-electron chi connectivity index (χ0n) is 69.0. The largest absolute Gasteiger partial charge is 0.472 e. The van der Waals surface area contributed by atoms with Crippen molar-refractivity contribution in [3.8, 4) is 0 Å². The van der Waals surface area contributed by atoms with Gasteiger partial charge in [0, 0.05) is 25.7 Å². The van der Waals surface area contributed by atoms with Gasteiger partial charge in [-0.15, -0.1) is 0 Å². The van der Waals surface area contributed by atoms with Crippen LogP contribution >= 0.6 is 15.6 Å². The maximum atomic E-state index is 13.1. The zero-order chi connectivity index (χ0) is 77.1. The standard InChI is InChI=1S/C86H168O17P2/c1-7-10-12-14-16-18-20-21-22-23-24-25-29-32-35-38-45-51-57-63-69-84(89)97-75-82(102-85(90)70-64-58-52-46-39-36-33-30-27-26-28-31-34-37-42-48-54-60-66-78(4)5)77-101-105(94,95)99-73-80(87)72-98-104(92,93)100-76-81(74-96-83(88)68-62-56-50-44-19-17-15-13-11-8-2)103-86(91)71-65-59-53-47-41-40-43-49-55-61-67-79(6)9-3/h78-82,87H,7-77H2,1-6H3,(H,92,93)(H,94,95)/t79?,80-,81+,82+/m0/s1. The summed E-state index contributed by atoms with van der Waals surface area (Å²) in [6.45, 7) is 9.72. The van der Waals surface area contributed by atoms with Crippen LogP contribution in [0.2, 0.25) is 0 Å². The van der Waals surface area contributed by atoms with Gasteiger partial charge in [-0.2, -0.15) is 0 Å². The molecule has 0 radical (unpaired) electrons. The molecule has 0 heterocycles. The fourth-order valence-electron chi connectivity index (χ4n) is 13.4. The number of phosphoric acid groups is 2. The van der Waals surface area contributed by atoms with Crippen LogP contribution in [0.1, 0.15) is 459 Å². The molecular formula is C86H168O17P2. The van der Waals surface area contributed by atoms with Crippen LogP contribution in [-0.4, -0.2) is 96.7 Å². The van der Waals surface area contributed by atoms with Crippen LogP contribution in [0.3, 0.4) is 0 Å². The first-order valence-electron chi connectivity index (χ1n) is 44.5. The summed E-state index contributed by atoms with van der Waals surface area (Å²) in [5.74, 6) is -0.480. The quantitative estimate of drug-likeness (QED) is 0.0222. The fourth-order valence-corrected chi connectivity index (χ4v) is 15.0. The molecule has 0 aromatic carbocycles. The van der Waals surface area contributed by atoms with Gasteiger partial charge in [0.25, 0.3) is 0 Å². The third-order valence-electron chi connectivity index (χ3n) is 20.6. The molecule has 0 aliphatic carbocycles. The van der Waals surface area contributed by atoms with Crippen molar-refractivity contribution in [2.45, 2.75) is 477 Å². The summed E-state index contributed by atoms with van der Waals surface area (Å²) in [7, 11) is -9.93. The van der Waals surface area contributed by atoms with Crippen molar-refractivity contribution in [2.24, 2.45) is 11.8 Å². The van der Waals surface area contributed by atoms with Gasteiger partial charge in [-0.3, -0.25) is 37.3 Å². The van der Waals surface area contributed by atoms with Crippen molar-refractivity contribution >= 4 is 39.5 Å². The lowest BCUT2D eigenvalue weighted by atomic mass is 9.99. The number of hydrogen-bond acceptors (Lipinski definition) is 15. The number of phosphoric ester groups is 2. The number of ether oxygens (including phenoxy) is 4. The van der Waals surface area contributed by atoms with Crippen molar-refractivity contribution in [1.82, 2.24) is 0 Å². The number of esters is 4. The smallest absolute Gasteiger partial charge is 0.462 e. The highest BCUT2D eigenvalue weighted by Gasteiger charge is 2.30. The molecule has 0 aromatic rings. The summed E-state index contributed by atoms with van der Waals surface area (Å²) in [6.07, 6.45) is 69.4. The SMILES string of the molecule is CCCCCCCCCCCCCCCCCCCCCCC(=O)OC[C@H](COP(=O)(O)OC[C@@H](O)COP(=O)(O)OC[C@@H](COC(=O)CCCCCCCCCCCC)OC(=O)CCCCCCCCCCCCC(C)CC)OC(=O)CCCCCCCCCCCCCCCCCCCCC(C)C. The molecule has 0 amide bonds. The highest BCUT2D eigenvalue weighted by Crippen LogP contribution is 2.45. The summed E-state index contributed by atoms with van der Waals surface area (Å²) < 4.78 is 68.9. The van der Waals surface area contributed by atoms with E-state index in [9.17, 15) is 43.2 Å². The third kappa shape index (κ3) is 78.5. The van der Waals surface area contributed by atoms with E-state index in [1.54, 1.807) is 0 Å². The molecule has 0 rings (SSSR count). The van der Waals surface area contributed by atoms with Crippen molar-refractivity contribution < 1.29 is 80.2 Å². The Labute approximate surface area is 645 Å². The predicted octanol–water partition coefficient (Wildman–Crippen LogP) is 26.2. The van der Waals surface area contributed by atoms with Gasteiger partial charge in [-0.25, -0.2) is 9.13 Å². The Morgan fingerprint density at radius 3 is 0.724 bits per heavy atom. The molecule has 17 nitrogen and oxygen atoms in total. The lowest BCUT2D eigenvalue weighted by Crippen LogP contribution is -2.30. The Morgan fingerprint density at radius 2 is 0.486 bits per heavy atom.